The number of rotatable bonds is 6. The quantitative estimate of drug-likeness (QED) is 0.352. The summed E-state index contributed by atoms with van der Waals surface area (Å²) in [4.78, 5) is 8.43. The highest BCUT2D eigenvalue weighted by molar-refractivity contribution is 14.0. The first-order valence-corrected chi connectivity index (χ1v) is 10.6. The molecule has 2 aromatic heterocycles. The molecular formula is C20H33IN6S. The van der Waals surface area contributed by atoms with E-state index in [0.29, 0.717) is 5.92 Å². The number of piperidine rings is 1. The van der Waals surface area contributed by atoms with Crippen LogP contribution >= 0.6 is 35.3 Å². The van der Waals surface area contributed by atoms with Crippen molar-refractivity contribution in [2.75, 3.05) is 26.7 Å². The summed E-state index contributed by atoms with van der Waals surface area (Å²) in [7, 11) is 3.83. The van der Waals surface area contributed by atoms with Gasteiger partial charge in [-0.15, -0.1) is 35.3 Å². The lowest BCUT2D eigenvalue weighted by Crippen LogP contribution is -2.44. The number of halogens is 1. The zero-order chi connectivity index (χ0) is 19.2. The molecule has 1 unspecified atom stereocenters. The molecule has 1 aliphatic heterocycles. The summed E-state index contributed by atoms with van der Waals surface area (Å²) >= 11 is 1.85. The average molecular weight is 516 g/mol. The Hall–Kier alpha value is -1.13. The molecule has 1 atom stereocenters. The summed E-state index contributed by atoms with van der Waals surface area (Å²) in [5.41, 5.74) is 3.53. The minimum absolute atomic E-state index is 0. The fourth-order valence-corrected chi connectivity index (χ4v) is 4.54. The van der Waals surface area contributed by atoms with Crippen molar-refractivity contribution in [2.45, 2.75) is 39.8 Å². The van der Waals surface area contributed by atoms with E-state index in [-0.39, 0.29) is 24.0 Å². The van der Waals surface area contributed by atoms with E-state index < -0.39 is 0 Å². The van der Waals surface area contributed by atoms with Crippen molar-refractivity contribution >= 4 is 41.3 Å². The normalized spacial score (nSPS) is 18.0. The van der Waals surface area contributed by atoms with Gasteiger partial charge in [0.05, 0.1) is 5.69 Å². The van der Waals surface area contributed by atoms with Gasteiger partial charge in [-0.1, -0.05) is 6.07 Å². The Morgan fingerprint density at radius 2 is 2.18 bits per heavy atom. The smallest absolute Gasteiger partial charge is 0.191 e. The van der Waals surface area contributed by atoms with Crippen LogP contribution in [-0.4, -0.2) is 47.3 Å². The van der Waals surface area contributed by atoms with Gasteiger partial charge in [-0.05, 0) is 50.6 Å². The van der Waals surface area contributed by atoms with E-state index in [9.17, 15) is 0 Å². The third-order valence-electron chi connectivity index (χ3n) is 5.44. The minimum Gasteiger partial charge on any atom is -0.356 e. The Morgan fingerprint density at radius 3 is 2.82 bits per heavy atom. The van der Waals surface area contributed by atoms with Crippen LogP contribution in [-0.2, 0) is 20.1 Å². The summed E-state index contributed by atoms with van der Waals surface area (Å²) in [6.07, 6.45) is 2.56. The second-order valence-corrected chi connectivity index (χ2v) is 8.43. The number of guanidine groups is 1. The average Bonchev–Trinajstić information content (AvgIpc) is 3.25. The zero-order valence-corrected chi connectivity index (χ0v) is 20.5. The molecule has 6 nitrogen and oxygen atoms in total. The molecule has 0 aromatic carbocycles. The summed E-state index contributed by atoms with van der Waals surface area (Å²) < 4.78 is 1.94. The fourth-order valence-electron chi connectivity index (χ4n) is 3.79. The van der Waals surface area contributed by atoms with Gasteiger partial charge in [0.1, 0.15) is 0 Å². The zero-order valence-electron chi connectivity index (χ0n) is 17.4. The van der Waals surface area contributed by atoms with E-state index in [1.165, 1.54) is 35.5 Å². The van der Waals surface area contributed by atoms with E-state index in [1.807, 2.05) is 30.1 Å². The van der Waals surface area contributed by atoms with Crippen LogP contribution < -0.4 is 10.6 Å². The van der Waals surface area contributed by atoms with Crippen molar-refractivity contribution in [1.29, 1.82) is 0 Å². The predicted molar refractivity (Wildman–Crippen MR) is 129 cm³/mol. The van der Waals surface area contributed by atoms with Crippen LogP contribution in [0.15, 0.2) is 22.5 Å². The van der Waals surface area contributed by atoms with E-state index in [2.05, 4.69) is 57.0 Å². The molecule has 0 radical (unpaired) electrons. The van der Waals surface area contributed by atoms with Gasteiger partial charge < -0.3 is 10.6 Å². The van der Waals surface area contributed by atoms with Crippen molar-refractivity contribution in [3.05, 3.63) is 39.3 Å². The van der Waals surface area contributed by atoms with Gasteiger partial charge in [-0.25, -0.2) is 0 Å². The Kier molecular flexibility index (Phi) is 9.23. The van der Waals surface area contributed by atoms with Gasteiger partial charge in [-0.3, -0.25) is 14.6 Å². The van der Waals surface area contributed by atoms with Gasteiger partial charge in [0.2, 0.25) is 0 Å². The highest BCUT2D eigenvalue weighted by Crippen LogP contribution is 2.20. The number of aryl methyl sites for hydroxylation is 2. The maximum Gasteiger partial charge on any atom is 0.191 e. The van der Waals surface area contributed by atoms with Crippen LogP contribution in [0.25, 0.3) is 0 Å². The lowest BCUT2D eigenvalue weighted by molar-refractivity contribution is 0.169. The molecule has 0 aliphatic carbocycles. The van der Waals surface area contributed by atoms with Crippen molar-refractivity contribution in [3.8, 4) is 0 Å². The third kappa shape index (κ3) is 6.18. The molecular weight excluding hydrogens is 483 g/mol. The van der Waals surface area contributed by atoms with Gasteiger partial charge in [0, 0.05) is 56.4 Å². The molecule has 2 N–H and O–H groups in total. The molecule has 8 heteroatoms. The van der Waals surface area contributed by atoms with Crippen LogP contribution in [0, 0.1) is 19.8 Å². The molecule has 0 saturated carbocycles. The number of hydrogen-bond donors (Lipinski definition) is 2. The topological polar surface area (TPSA) is 57.5 Å². The van der Waals surface area contributed by atoms with E-state index in [1.54, 1.807) is 0 Å². The van der Waals surface area contributed by atoms with Gasteiger partial charge in [0.15, 0.2) is 5.96 Å². The summed E-state index contributed by atoms with van der Waals surface area (Å²) in [5.74, 6) is 1.53. The van der Waals surface area contributed by atoms with Crippen molar-refractivity contribution in [3.63, 3.8) is 0 Å². The first-order chi connectivity index (χ1) is 13.1. The Labute approximate surface area is 189 Å². The second-order valence-electron chi connectivity index (χ2n) is 7.40. The molecule has 1 fully saturated rings. The third-order valence-corrected chi connectivity index (χ3v) is 6.30. The Bertz CT molecular complexity index is 755. The van der Waals surface area contributed by atoms with Crippen LogP contribution in [0.5, 0.6) is 0 Å². The molecule has 0 amide bonds. The van der Waals surface area contributed by atoms with Crippen molar-refractivity contribution < 1.29 is 0 Å². The number of likely N-dealkylation sites (tertiary alicyclic amines) is 1. The second kappa shape index (κ2) is 11.2. The van der Waals surface area contributed by atoms with Gasteiger partial charge in [0.25, 0.3) is 0 Å². The molecule has 2 aromatic rings. The minimum atomic E-state index is 0. The predicted octanol–water partition coefficient (Wildman–Crippen LogP) is 3.29. The molecule has 28 heavy (non-hydrogen) atoms. The van der Waals surface area contributed by atoms with E-state index in [0.717, 1.165) is 37.8 Å². The van der Waals surface area contributed by atoms with Crippen LogP contribution in [0.4, 0.5) is 0 Å². The SMILES string of the molecule is CN=C(NCc1c(C)nn(C)c1C)NCC1CCCN(Cc2cccs2)C1.I. The fraction of sp³-hybridized carbons (Fsp3) is 0.600. The number of hydrogen-bond acceptors (Lipinski definition) is 4. The van der Waals surface area contributed by atoms with Crippen molar-refractivity contribution in [2.24, 2.45) is 18.0 Å². The highest BCUT2D eigenvalue weighted by atomic mass is 127. The van der Waals surface area contributed by atoms with Crippen LogP contribution in [0.1, 0.15) is 34.7 Å². The highest BCUT2D eigenvalue weighted by Gasteiger charge is 2.20. The molecule has 3 heterocycles. The number of nitrogens with zero attached hydrogens (tertiary/aromatic N) is 4. The summed E-state index contributed by atoms with van der Waals surface area (Å²) in [5, 5.41) is 13.6. The summed E-state index contributed by atoms with van der Waals surface area (Å²) in [6.45, 7) is 9.33. The molecule has 3 rings (SSSR count). The molecule has 1 saturated heterocycles. The lowest BCUT2D eigenvalue weighted by atomic mass is 9.98. The van der Waals surface area contributed by atoms with Crippen molar-refractivity contribution in [1.82, 2.24) is 25.3 Å². The molecule has 0 spiro atoms. The largest absolute Gasteiger partial charge is 0.356 e. The Balaban J connectivity index is 0.00000280. The Morgan fingerprint density at radius 1 is 1.36 bits per heavy atom. The monoisotopic (exact) mass is 516 g/mol. The van der Waals surface area contributed by atoms with E-state index in [4.69, 9.17) is 0 Å². The lowest BCUT2D eigenvalue weighted by Gasteiger charge is -2.32. The first-order valence-electron chi connectivity index (χ1n) is 9.75. The standard InChI is InChI=1S/C20H32N6S.HI/c1-15-19(16(2)25(4)24-15)12-23-20(21-3)22-11-17-7-5-9-26(13-17)14-18-8-6-10-27-18;/h6,8,10,17H,5,7,9,11-14H2,1-4H3,(H2,21,22,23);1H. The summed E-state index contributed by atoms with van der Waals surface area (Å²) in [6, 6.07) is 4.38. The van der Waals surface area contributed by atoms with Gasteiger partial charge >= 0.3 is 0 Å². The maximum absolute atomic E-state index is 4.48. The maximum atomic E-state index is 4.48. The molecule has 156 valence electrons. The number of nitrogens with one attached hydrogen (secondary N) is 2. The van der Waals surface area contributed by atoms with Crippen LogP contribution in [0.2, 0.25) is 0 Å². The number of aromatic nitrogens is 2. The van der Waals surface area contributed by atoms with Crippen LogP contribution in [0.3, 0.4) is 0 Å². The molecule has 1 aliphatic rings. The first kappa shape index (κ1) is 23.2. The van der Waals surface area contributed by atoms with E-state index >= 15 is 0 Å². The number of thiophene rings is 1. The van der Waals surface area contributed by atoms with Gasteiger partial charge in [-0.2, -0.15) is 5.10 Å². The molecule has 0 bridgehead atoms. The number of aliphatic imine (C=N–C) groups is 1.